The van der Waals surface area contributed by atoms with Gasteiger partial charge in [-0.15, -0.1) is 24.0 Å². The van der Waals surface area contributed by atoms with E-state index in [2.05, 4.69) is 46.5 Å². The minimum Gasteiger partial charge on any atom is -0.393 e. The molecule has 1 saturated heterocycles. The number of aliphatic hydroxyl groups is 1. The topological polar surface area (TPSA) is 72.8 Å². The van der Waals surface area contributed by atoms with Crippen LogP contribution in [0.2, 0.25) is 0 Å². The molecule has 6 nitrogen and oxygen atoms in total. The van der Waals surface area contributed by atoms with Gasteiger partial charge in [-0.1, -0.05) is 12.5 Å². The molecule has 1 aromatic rings. The summed E-state index contributed by atoms with van der Waals surface area (Å²) in [5, 5.41) is 16.9. The summed E-state index contributed by atoms with van der Waals surface area (Å²) >= 11 is 0. The van der Waals surface area contributed by atoms with Crippen molar-refractivity contribution in [1.29, 1.82) is 0 Å². The molecule has 2 unspecified atom stereocenters. The Hall–Kier alpha value is -1.09. The van der Waals surface area contributed by atoms with Crippen LogP contribution in [0.4, 0.5) is 5.82 Å². The molecule has 3 N–H and O–H groups in total. The van der Waals surface area contributed by atoms with Crippen LogP contribution in [-0.4, -0.2) is 54.4 Å². The summed E-state index contributed by atoms with van der Waals surface area (Å²) in [5.74, 6) is 2.28. The minimum atomic E-state index is -0.174. The van der Waals surface area contributed by atoms with Crippen molar-refractivity contribution in [3.63, 3.8) is 0 Å². The molecule has 2 fully saturated rings. The number of nitrogens with zero attached hydrogens (tertiary/aromatic N) is 3. The van der Waals surface area contributed by atoms with Crippen molar-refractivity contribution >= 4 is 35.8 Å². The summed E-state index contributed by atoms with van der Waals surface area (Å²) < 4.78 is 0. The minimum absolute atomic E-state index is 0. The maximum atomic E-state index is 9.99. The summed E-state index contributed by atoms with van der Waals surface area (Å²) in [7, 11) is 0. The lowest BCUT2D eigenvalue weighted by Gasteiger charge is -2.34. The number of aryl methyl sites for hydroxylation is 1. The maximum Gasteiger partial charge on any atom is 0.191 e. The van der Waals surface area contributed by atoms with Crippen LogP contribution in [0.15, 0.2) is 23.3 Å². The summed E-state index contributed by atoms with van der Waals surface area (Å²) in [5.41, 5.74) is 1.20. The molecule has 0 spiro atoms. The highest BCUT2D eigenvalue weighted by molar-refractivity contribution is 14.0. The standard InChI is InChI=1S/C20H33N5O.HI/c1-3-21-20(23-14-16-5-4-6-18(16)26)24-17-9-11-25(12-10-17)19-8-7-15(2)13-22-19;/h7-8,13,16-18,26H,3-6,9-12,14H2,1-2H3,(H2,21,23,24);1H. The van der Waals surface area contributed by atoms with Gasteiger partial charge in [0.15, 0.2) is 5.96 Å². The molecule has 0 aromatic carbocycles. The van der Waals surface area contributed by atoms with E-state index >= 15 is 0 Å². The van der Waals surface area contributed by atoms with E-state index in [4.69, 9.17) is 4.99 Å². The number of hydrogen-bond acceptors (Lipinski definition) is 4. The first-order valence-electron chi connectivity index (χ1n) is 10.1. The van der Waals surface area contributed by atoms with Crippen LogP contribution in [0.1, 0.15) is 44.6 Å². The van der Waals surface area contributed by atoms with Crippen molar-refractivity contribution in [3.8, 4) is 0 Å². The van der Waals surface area contributed by atoms with E-state index in [0.29, 0.717) is 18.5 Å². The number of anilines is 1. The zero-order valence-corrected chi connectivity index (χ0v) is 18.9. The van der Waals surface area contributed by atoms with E-state index in [1.165, 1.54) is 5.56 Å². The highest BCUT2D eigenvalue weighted by Crippen LogP contribution is 2.25. The van der Waals surface area contributed by atoms with E-state index in [1.54, 1.807) is 0 Å². The maximum absolute atomic E-state index is 9.99. The molecule has 0 amide bonds. The lowest BCUT2D eigenvalue weighted by atomic mass is 10.1. The molecule has 0 bridgehead atoms. The number of halogens is 1. The molecule has 2 heterocycles. The third kappa shape index (κ3) is 6.48. The van der Waals surface area contributed by atoms with Crippen molar-refractivity contribution in [1.82, 2.24) is 15.6 Å². The summed E-state index contributed by atoms with van der Waals surface area (Å²) in [6.45, 7) is 7.74. The second kappa shape index (κ2) is 11.0. The van der Waals surface area contributed by atoms with Crippen molar-refractivity contribution in [2.75, 3.05) is 31.1 Å². The fourth-order valence-corrected chi connectivity index (χ4v) is 3.85. The van der Waals surface area contributed by atoms with Crippen LogP contribution in [0.5, 0.6) is 0 Å². The quantitative estimate of drug-likeness (QED) is 0.339. The summed E-state index contributed by atoms with van der Waals surface area (Å²) in [6, 6.07) is 4.67. The Balaban J connectivity index is 0.00000261. The third-order valence-electron chi connectivity index (χ3n) is 5.50. The van der Waals surface area contributed by atoms with Crippen molar-refractivity contribution < 1.29 is 5.11 Å². The van der Waals surface area contributed by atoms with Gasteiger partial charge in [-0.05, 0) is 51.2 Å². The molecule has 2 atom stereocenters. The molecular formula is C20H34IN5O. The second-order valence-electron chi connectivity index (χ2n) is 7.58. The summed E-state index contributed by atoms with van der Waals surface area (Å²) in [6.07, 6.45) is 7.05. The molecule has 7 heteroatoms. The van der Waals surface area contributed by atoms with E-state index in [1.807, 2.05) is 6.20 Å². The fourth-order valence-electron chi connectivity index (χ4n) is 3.85. The van der Waals surface area contributed by atoms with Crippen LogP contribution in [0, 0.1) is 12.8 Å². The lowest BCUT2D eigenvalue weighted by Crippen LogP contribution is -2.49. The van der Waals surface area contributed by atoms with Gasteiger partial charge in [-0.3, -0.25) is 4.99 Å². The van der Waals surface area contributed by atoms with Gasteiger partial charge in [0.05, 0.1) is 6.10 Å². The molecule has 1 aromatic heterocycles. The number of hydrogen-bond donors (Lipinski definition) is 3. The monoisotopic (exact) mass is 487 g/mol. The first kappa shape index (κ1) is 22.2. The molecule has 27 heavy (non-hydrogen) atoms. The van der Waals surface area contributed by atoms with Gasteiger partial charge < -0.3 is 20.6 Å². The predicted octanol–water partition coefficient (Wildman–Crippen LogP) is 2.69. The van der Waals surface area contributed by atoms with Gasteiger partial charge >= 0.3 is 0 Å². The van der Waals surface area contributed by atoms with Gasteiger partial charge in [0, 0.05) is 44.3 Å². The number of aliphatic imine (C=N–C) groups is 1. The van der Waals surface area contributed by atoms with Gasteiger partial charge in [0.25, 0.3) is 0 Å². The zero-order valence-electron chi connectivity index (χ0n) is 16.5. The number of piperidine rings is 1. The highest BCUT2D eigenvalue weighted by Gasteiger charge is 2.25. The van der Waals surface area contributed by atoms with Gasteiger partial charge in [0.2, 0.25) is 0 Å². The second-order valence-corrected chi connectivity index (χ2v) is 7.58. The Kier molecular flexibility index (Phi) is 9.08. The lowest BCUT2D eigenvalue weighted by molar-refractivity contribution is 0.136. The third-order valence-corrected chi connectivity index (χ3v) is 5.50. The SMILES string of the molecule is CCNC(=NCC1CCCC1O)NC1CCN(c2ccc(C)cn2)CC1.I. The summed E-state index contributed by atoms with van der Waals surface area (Å²) in [4.78, 5) is 11.6. The Bertz CT molecular complexity index is 587. The van der Waals surface area contributed by atoms with Crippen LogP contribution in [-0.2, 0) is 0 Å². The smallest absolute Gasteiger partial charge is 0.191 e. The fraction of sp³-hybridized carbons (Fsp3) is 0.700. The zero-order chi connectivity index (χ0) is 18.4. The molecule has 0 radical (unpaired) electrons. The Morgan fingerprint density at radius 1 is 1.26 bits per heavy atom. The average molecular weight is 487 g/mol. The average Bonchev–Trinajstić information content (AvgIpc) is 3.06. The molecule has 3 rings (SSSR count). The molecule has 1 saturated carbocycles. The molecule has 1 aliphatic heterocycles. The number of nitrogens with one attached hydrogen (secondary N) is 2. The van der Waals surface area contributed by atoms with Gasteiger partial charge in [-0.25, -0.2) is 4.98 Å². The van der Waals surface area contributed by atoms with Crippen molar-refractivity contribution in [3.05, 3.63) is 23.9 Å². The molecule has 152 valence electrons. The first-order valence-corrected chi connectivity index (χ1v) is 10.1. The van der Waals surface area contributed by atoms with Crippen LogP contribution in [0.3, 0.4) is 0 Å². The number of aliphatic hydroxyl groups excluding tert-OH is 1. The highest BCUT2D eigenvalue weighted by atomic mass is 127. The van der Waals surface area contributed by atoms with E-state index in [0.717, 1.165) is 63.5 Å². The van der Waals surface area contributed by atoms with E-state index in [-0.39, 0.29) is 30.1 Å². The normalized spacial score (nSPS) is 23.8. The van der Waals surface area contributed by atoms with Crippen LogP contribution >= 0.6 is 24.0 Å². The Labute approximate surface area is 180 Å². The Morgan fingerprint density at radius 3 is 2.63 bits per heavy atom. The molecular weight excluding hydrogens is 453 g/mol. The number of aromatic nitrogens is 1. The number of pyridine rings is 1. The number of rotatable bonds is 5. The predicted molar refractivity (Wildman–Crippen MR) is 122 cm³/mol. The van der Waals surface area contributed by atoms with Crippen molar-refractivity contribution in [2.45, 2.75) is 58.1 Å². The van der Waals surface area contributed by atoms with E-state index in [9.17, 15) is 5.11 Å². The van der Waals surface area contributed by atoms with Crippen LogP contribution < -0.4 is 15.5 Å². The van der Waals surface area contributed by atoms with Crippen LogP contribution in [0.25, 0.3) is 0 Å². The van der Waals surface area contributed by atoms with Crippen molar-refractivity contribution in [2.24, 2.45) is 10.9 Å². The van der Waals surface area contributed by atoms with E-state index < -0.39 is 0 Å². The Morgan fingerprint density at radius 2 is 2.04 bits per heavy atom. The van der Waals surface area contributed by atoms with Gasteiger partial charge in [0.1, 0.15) is 5.82 Å². The molecule has 2 aliphatic rings. The molecule has 1 aliphatic carbocycles. The first-order chi connectivity index (χ1) is 12.7. The van der Waals surface area contributed by atoms with Gasteiger partial charge in [-0.2, -0.15) is 0 Å². The number of guanidine groups is 1. The largest absolute Gasteiger partial charge is 0.393 e.